The summed E-state index contributed by atoms with van der Waals surface area (Å²) in [6.07, 6.45) is -22.6. The molecule has 0 aliphatic carbocycles. The van der Waals surface area contributed by atoms with Crippen molar-refractivity contribution in [3.8, 4) is 23.0 Å². The summed E-state index contributed by atoms with van der Waals surface area (Å²) >= 11 is 0. The first-order valence-electron chi connectivity index (χ1n) is 17.2. The van der Waals surface area contributed by atoms with Crippen molar-refractivity contribution in [1.82, 2.24) is 0 Å². The van der Waals surface area contributed by atoms with Crippen molar-refractivity contribution in [2.45, 2.75) is 105 Å². The van der Waals surface area contributed by atoms with Gasteiger partial charge >= 0.3 is 5.97 Å². The monoisotopic (exact) mass is 786 g/mol. The van der Waals surface area contributed by atoms with Crippen molar-refractivity contribution in [1.29, 1.82) is 0 Å². The summed E-state index contributed by atoms with van der Waals surface area (Å²) in [5.41, 5.74) is 0.773. The number of rotatable bonds is 13. The predicted molar refractivity (Wildman–Crippen MR) is 180 cm³/mol. The van der Waals surface area contributed by atoms with Gasteiger partial charge in [0.05, 0.1) is 25.9 Å². The topological polar surface area (TPSA) is 324 Å². The smallest absolute Gasteiger partial charge is 0.331 e. The van der Waals surface area contributed by atoms with E-state index in [1.807, 2.05) is 0 Å². The Morgan fingerprint density at radius 1 is 0.673 bits per heavy atom. The lowest BCUT2D eigenvalue weighted by Gasteiger charge is -2.47. The molecule has 15 atom stereocenters. The number of phenolic OH excluding ortho intramolecular Hbond substituents is 4. The number of phenols is 4. The Kier molecular flexibility index (Phi) is 14.3. The van der Waals surface area contributed by atoms with Crippen molar-refractivity contribution < 1.29 is 99.2 Å². The van der Waals surface area contributed by atoms with Gasteiger partial charge < -0.3 is 94.4 Å². The molecule has 3 heterocycles. The second-order valence-corrected chi connectivity index (χ2v) is 13.3. The maximum atomic E-state index is 13.3. The average molecular weight is 787 g/mol. The maximum absolute atomic E-state index is 13.3. The molecule has 2 aromatic rings. The molecule has 55 heavy (non-hydrogen) atoms. The second kappa shape index (κ2) is 18.5. The molecule has 0 radical (unpaired) electrons. The Balaban J connectivity index is 1.43. The molecule has 20 nitrogen and oxygen atoms in total. The lowest BCUT2D eigenvalue weighted by atomic mass is 9.96. The van der Waals surface area contributed by atoms with Crippen LogP contribution in [0.2, 0.25) is 0 Å². The third kappa shape index (κ3) is 10.0. The zero-order valence-electron chi connectivity index (χ0n) is 29.2. The summed E-state index contributed by atoms with van der Waals surface area (Å²) < 4.78 is 40.2. The zero-order chi connectivity index (χ0) is 40.1. The minimum atomic E-state index is -1.88. The van der Waals surface area contributed by atoms with E-state index in [0.717, 1.165) is 12.1 Å². The van der Waals surface area contributed by atoms with Gasteiger partial charge in [-0.3, -0.25) is 0 Å². The quantitative estimate of drug-likeness (QED) is 0.0541. The van der Waals surface area contributed by atoms with E-state index >= 15 is 0 Å². The normalized spacial score (nSPS) is 36.9. The summed E-state index contributed by atoms with van der Waals surface area (Å²) in [5.74, 6) is -2.71. The van der Waals surface area contributed by atoms with Crippen molar-refractivity contribution in [3.63, 3.8) is 0 Å². The van der Waals surface area contributed by atoms with Crippen molar-refractivity contribution in [3.05, 3.63) is 53.6 Å². The Morgan fingerprint density at radius 3 is 1.96 bits per heavy atom. The first-order chi connectivity index (χ1) is 26.1. The average Bonchev–Trinajstić information content (AvgIpc) is 3.16. The lowest BCUT2D eigenvalue weighted by molar-refractivity contribution is -0.364. The van der Waals surface area contributed by atoms with Gasteiger partial charge in [0.25, 0.3) is 0 Å². The number of carbonyl (C=O) groups excluding carboxylic acids is 1. The molecule has 306 valence electrons. The van der Waals surface area contributed by atoms with Gasteiger partial charge in [-0.25, -0.2) is 4.79 Å². The molecule has 2 aromatic carbocycles. The first-order valence-corrected chi connectivity index (χ1v) is 17.2. The number of aliphatic hydroxyl groups is 8. The number of esters is 1. The van der Waals surface area contributed by atoms with E-state index in [-0.39, 0.29) is 30.1 Å². The van der Waals surface area contributed by atoms with Gasteiger partial charge in [0, 0.05) is 6.08 Å². The summed E-state index contributed by atoms with van der Waals surface area (Å²) in [5, 5.41) is 123. The van der Waals surface area contributed by atoms with E-state index in [9.17, 15) is 66.1 Å². The molecular formula is C35H46O20. The van der Waals surface area contributed by atoms with E-state index in [0.29, 0.717) is 5.56 Å². The highest BCUT2D eigenvalue weighted by Crippen LogP contribution is 2.33. The third-order valence-electron chi connectivity index (χ3n) is 9.36. The first kappa shape index (κ1) is 42.4. The summed E-state index contributed by atoms with van der Waals surface area (Å²) in [6.45, 7) is -0.254. The molecule has 0 aromatic heterocycles. The largest absolute Gasteiger partial charge is 0.504 e. The highest BCUT2D eigenvalue weighted by Gasteiger charge is 2.53. The number of aliphatic hydroxyl groups excluding tert-OH is 8. The zero-order valence-corrected chi connectivity index (χ0v) is 29.2. The highest BCUT2D eigenvalue weighted by atomic mass is 16.8. The van der Waals surface area contributed by atoms with E-state index in [4.69, 9.17) is 33.2 Å². The van der Waals surface area contributed by atoms with Crippen LogP contribution in [0.1, 0.15) is 18.1 Å². The summed E-state index contributed by atoms with van der Waals surface area (Å²) in [6, 6.07) is 7.75. The van der Waals surface area contributed by atoms with Crippen LogP contribution < -0.4 is 0 Å². The fraction of sp³-hybridized carbons (Fsp3) is 0.571. The summed E-state index contributed by atoms with van der Waals surface area (Å²) in [4.78, 5) is 13.3. The van der Waals surface area contributed by atoms with Gasteiger partial charge in [-0.1, -0.05) is 12.1 Å². The van der Waals surface area contributed by atoms with Crippen LogP contribution in [0.5, 0.6) is 23.0 Å². The van der Waals surface area contributed by atoms with E-state index in [2.05, 4.69) is 0 Å². The van der Waals surface area contributed by atoms with Crippen molar-refractivity contribution in [2.24, 2.45) is 0 Å². The van der Waals surface area contributed by atoms with Crippen molar-refractivity contribution in [2.75, 3.05) is 19.8 Å². The molecule has 0 spiro atoms. The van der Waals surface area contributed by atoms with Crippen molar-refractivity contribution >= 4 is 12.0 Å². The minimum absolute atomic E-state index is 0.111. The fourth-order valence-corrected chi connectivity index (χ4v) is 6.14. The van der Waals surface area contributed by atoms with Crippen LogP contribution in [0.4, 0.5) is 0 Å². The van der Waals surface area contributed by atoms with E-state index in [1.54, 1.807) is 0 Å². The second-order valence-electron chi connectivity index (χ2n) is 13.3. The van der Waals surface area contributed by atoms with Crippen LogP contribution in [-0.4, -0.2) is 179 Å². The van der Waals surface area contributed by atoms with Crippen LogP contribution in [-0.2, 0) is 44.4 Å². The highest BCUT2D eigenvalue weighted by molar-refractivity contribution is 5.87. The molecule has 0 amide bonds. The third-order valence-corrected chi connectivity index (χ3v) is 9.36. The van der Waals surface area contributed by atoms with Gasteiger partial charge in [0.1, 0.15) is 61.0 Å². The molecular weight excluding hydrogens is 740 g/mol. The standard InChI is InChI=1S/C35H46O20/c1-14-24(42)26(44)29(47)35(51-14)55-32-30(48)34(49-9-8-16-3-6-18(38)20(40)11-16)53-22(13-50-33-28(46)27(45)25(43)21(12-36)52-33)31(32)54-23(41)7-4-15-2-5-17(37)19(39)10-15/h2-7,10-11,14,21-22,24-40,42-48H,8-9,12-13H2,1H3/b7-4+/t14-,21+,22-,24-,25+,26+,27-,28+,29-,30-,31-,32-,33+,34-,35+/m1/s1. The van der Waals surface area contributed by atoms with Crippen LogP contribution in [0.25, 0.3) is 6.08 Å². The predicted octanol–water partition coefficient (Wildman–Crippen LogP) is -3.19. The number of benzene rings is 2. The maximum Gasteiger partial charge on any atom is 0.331 e. The van der Waals surface area contributed by atoms with Crippen LogP contribution in [0.15, 0.2) is 42.5 Å². The van der Waals surface area contributed by atoms with Gasteiger partial charge in [0.15, 0.2) is 48.0 Å². The number of aromatic hydroxyl groups is 4. The molecule has 3 fully saturated rings. The molecule has 0 unspecified atom stereocenters. The molecule has 3 aliphatic heterocycles. The molecule has 0 saturated carbocycles. The molecule has 3 aliphatic rings. The molecule has 5 rings (SSSR count). The number of carbonyl (C=O) groups is 1. The van der Waals surface area contributed by atoms with E-state index < -0.39 is 123 Å². The number of hydrogen-bond donors (Lipinski definition) is 12. The van der Waals surface area contributed by atoms with Gasteiger partial charge in [-0.05, 0) is 54.8 Å². The molecule has 12 N–H and O–H groups in total. The van der Waals surface area contributed by atoms with Gasteiger partial charge in [-0.2, -0.15) is 0 Å². The Labute approximate surface area is 313 Å². The number of ether oxygens (including phenoxy) is 7. The number of hydrogen-bond acceptors (Lipinski definition) is 20. The Bertz CT molecular complexity index is 1610. The lowest BCUT2D eigenvalue weighted by Crippen LogP contribution is -2.65. The van der Waals surface area contributed by atoms with Gasteiger partial charge in [-0.15, -0.1) is 0 Å². The Hall–Kier alpha value is -3.71. The van der Waals surface area contributed by atoms with Crippen LogP contribution in [0.3, 0.4) is 0 Å². The van der Waals surface area contributed by atoms with Crippen LogP contribution >= 0.6 is 0 Å². The van der Waals surface area contributed by atoms with E-state index in [1.165, 1.54) is 43.3 Å². The van der Waals surface area contributed by atoms with Crippen LogP contribution in [0, 0.1) is 0 Å². The summed E-state index contributed by atoms with van der Waals surface area (Å²) in [7, 11) is 0. The minimum Gasteiger partial charge on any atom is -0.504 e. The molecule has 3 saturated heterocycles. The molecule has 0 bridgehead atoms. The SMILES string of the molecule is C[C@H]1O[C@@H](O[C@@H]2[C@@H](O)[C@H](OCCc3ccc(O)c(O)c3)O[C@H](CO[C@H]3O[C@@H](CO)[C@H](O)[C@@H](O)[C@@H]3O)[C@H]2OC(=O)/C=C/c2ccc(O)c(O)c2)[C@H](O)[C@@H](O)[C@@H]1O. The Morgan fingerprint density at radius 2 is 1.29 bits per heavy atom. The fourth-order valence-electron chi connectivity index (χ4n) is 6.14. The molecule has 20 heteroatoms. The van der Waals surface area contributed by atoms with Gasteiger partial charge in [0.2, 0.25) is 0 Å².